The molecule has 1 aromatic heterocycles. The minimum atomic E-state index is -0.676. The van der Waals surface area contributed by atoms with Gasteiger partial charge in [-0.05, 0) is 18.4 Å². The molecule has 1 saturated carbocycles. The topological polar surface area (TPSA) is 78.0 Å². The molecule has 0 bridgehead atoms. The maximum absolute atomic E-state index is 11.5. The summed E-state index contributed by atoms with van der Waals surface area (Å²) in [6, 6.07) is 10.1. The summed E-state index contributed by atoms with van der Waals surface area (Å²) in [5, 5.41) is 19.9. The van der Waals surface area contributed by atoms with Gasteiger partial charge in [-0.15, -0.1) is 0 Å². The third-order valence-electron chi connectivity index (χ3n) is 4.58. The van der Waals surface area contributed by atoms with Crippen LogP contribution in [0.3, 0.4) is 0 Å². The van der Waals surface area contributed by atoms with Crippen molar-refractivity contribution in [2.75, 3.05) is 6.54 Å². The monoisotopic (exact) mass is 299 g/mol. The Hall–Kier alpha value is -2.14. The van der Waals surface area contributed by atoms with Crippen LogP contribution in [0.1, 0.15) is 31.4 Å². The lowest BCUT2D eigenvalue weighted by atomic mass is 9.86. The number of rotatable bonds is 6. The Bertz CT molecular complexity index is 630. The van der Waals surface area contributed by atoms with Crippen LogP contribution in [-0.2, 0) is 11.3 Å². The van der Waals surface area contributed by atoms with Gasteiger partial charge in [-0.2, -0.15) is 5.10 Å². The molecule has 0 amide bonds. The second-order valence-corrected chi connectivity index (χ2v) is 6.02. The van der Waals surface area contributed by atoms with Gasteiger partial charge in [0.1, 0.15) is 0 Å². The zero-order valence-electron chi connectivity index (χ0n) is 12.5. The Morgan fingerprint density at radius 3 is 2.68 bits per heavy atom. The highest BCUT2D eigenvalue weighted by atomic mass is 16.4. The van der Waals surface area contributed by atoms with Crippen LogP contribution in [0.15, 0.2) is 36.5 Å². The van der Waals surface area contributed by atoms with Crippen molar-refractivity contribution in [2.24, 2.45) is 5.41 Å². The highest BCUT2D eigenvalue weighted by molar-refractivity contribution is 5.75. The molecular weight excluding hydrogens is 278 g/mol. The van der Waals surface area contributed by atoms with Crippen LogP contribution in [0.25, 0.3) is 11.1 Å². The molecule has 22 heavy (non-hydrogen) atoms. The Kier molecular flexibility index (Phi) is 4.24. The van der Waals surface area contributed by atoms with E-state index < -0.39 is 11.4 Å². The molecule has 116 valence electrons. The molecule has 2 aromatic rings. The average Bonchev–Trinajstić information content (AvgIpc) is 3.18. The van der Waals surface area contributed by atoms with E-state index >= 15 is 0 Å². The first kappa shape index (κ1) is 14.8. The summed E-state index contributed by atoms with van der Waals surface area (Å²) in [7, 11) is 0. The molecule has 3 N–H and O–H groups in total. The molecule has 3 rings (SSSR count). The van der Waals surface area contributed by atoms with Crippen LogP contribution >= 0.6 is 0 Å². The van der Waals surface area contributed by atoms with E-state index in [9.17, 15) is 9.90 Å². The predicted octanol–water partition coefficient (Wildman–Crippen LogP) is 2.81. The predicted molar refractivity (Wildman–Crippen MR) is 84.3 cm³/mol. The van der Waals surface area contributed by atoms with E-state index in [1.807, 2.05) is 36.5 Å². The van der Waals surface area contributed by atoms with Crippen LogP contribution in [0.4, 0.5) is 0 Å². The van der Waals surface area contributed by atoms with E-state index in [1.165, 1.54) is 0 Å². The zero-order valence-corrected chi connectivity index (χ0v) is 12.5. The first-order chi connectivity index (χ1) is 10.7. The van der Waals surface area contributed by atoms with Gasteiger partial charge in [0.15, 0.2) is 0 Å². The molecule has 1 aromatic carbocycles. The number of aromatic amines is 1. The van der Waals surface area contributed by atoms with Crippen LogP contribution in [0.2, 0.25) is 0 Å². The minimum absolute atomic E-state index is 0.510. The number of carboxylic acid groups (broad SMARTS) is 1. The summed E-state index contributed by atoms with van der Waals surface area (Å²) in [5.41, 5.74) is 2.57. The molecule has 0 atom stereocenters. The lowest BCUT2D eigenvalue weighted by Crippen LogP contribution is -2.38. The van der Waals surface area contributed by atoms with Crippen LogP contribution < -0.4 is 5.32 Å². The van der Waals surface area contributed by atoms with E-state index in [0.717, 1.165) is 42.5 Å². The average molecular weight is 299 g/mol. The summed E-state index contributed by atoms with van der Waals surface area (Å²) in [6.07, 6.45) is 5.36. The van der Waals surface area contributed by atoms with E-state index in [1.54, 1.807) is 0 Å². The number of hydrogen-bond donors (Lipinski definition) is 3. The Morgan fingerprint density at radius 2 is 2.00 bits per heavy atom. The highest BCUT2D eigenvalue weighted by Gasteiger charge is 2.40. The molecule has 0 unspecified atom stereocenters. The van der Waals surface area contributed by atoms with Crippen molar-refractivity contribution < 1.29 is 9.90 Å². The molecule has 0 saturated heterocycles. The fourth-order valence-corrected chi connectivity index (χ4v) is 3.26. The van der Waals surface area contributed by atoms with E-state index in [0.29, 0.717) is 13.1 Å². The maximum Gasteiger partial charge on any atom is 0.310 e. The third kappa shape index (κ3) is 2.90. The van der Waals surface area contributed by atoms with Gasteiger partial charge >= 0.3 is 5.97 Å². The van der Waals surface area contributed by atoms with Crippen molar-refractivity contribution in [1.82, 2.24) is 15.5 Å². The number of hydrogen-bond acceptors (Lipinski definition) is 3. The number of aromatic nitrogens is 2. The van der Waals surface area contributed by atoms with Gasteiger partial charge < -0.3 is 10.4 Å². The first-order valence-electron chi connectivity index (χ1n) is 7.73. The number of aliphatic carboxylic acids is 1. The fraction of sp³-hybridized carbons (Fsp3) is 0.412. The van der Waals surface area contributed by atoms with Gasteiger partial charge in [-0.1, -0.05) is 43.2 Å². The van der Waals surface area contributed by atoms with Crippen molar-refractivity contribution in [3.63, 3.8) is 0 Å². The Balaban J connectivity index is 1.66. The second-order valence-electron chi connectivity index (χ2n) is 6.02. The van der Waals surface area contributed by atoms with E-state index in [-0.39, 0.29) is 0 Å². The van der Waals surface area contributed by atoms with Gasteiger partial charge in [-0.3, -0.25) is 9.89 Å². The van der Waals surface area contributed by atoms with Crippen molar-refractivity contribution in [3.05, 3.63) is 42.2 Å². The number of H-pyrrole nitrogens is 1. The molecule has 1 fully saturated rings. The highest BCUT2D eigenvalue weighted by Crippen LogP contribution is 2.37. The Labute approximate surface area is 129 Å². The Morgan fingerprint density at radius 1 is 1.27 bits per heavy atom. The van der Waals surface area contributed by atoms with Gasteiger partial charge in [0.2, 0.25) is 0 Å². The van der Waals surface area contributed by atoms with Gasteiger partial charge in [0, 0.05) is 18.7 Å². The van der Waals surface area contributed by atoms with Crippen LogP contribution in [0.5, 0.6) is 0 Å². The summed E-state index contributed by atoms with van der Waals surface area (Å²) in [6.45, 7) is 1.11. The SMILES string of the molecule is O=C(O)C1(CNCc2[nH]ncc2-c2ccccc2)CCCC1. The summed E-state index contributed by atoms with van der Waals surface area (Å²) < 4.78 is 0. The molecule has 0 spiro atoms. The first-order valence-corrected chi connectivity index (χ1v) is 7.73. The molecular formula is C17H21N3O2. The van der Waals surface area contributed by atoms with Crippen molar-refractivity contribution in [1.29, 1.82) is 0 Å². The molecule has 5 nitrogen and oxygen atoms in total. The lowest BCUT2D eigenvalue weighted by Gasteiger charge is -2.24. The third-order valence-corrected chi connectivity index (χ3v) is 4.58. The van der Waals surface area contributed by atoms with Gasteiger partial charge in [0.05, 0.1) is 17.3 Å². The maximum atomic E-state index is 11.5. The van der Waals surface area contributed by atoms with Crippen molar-refractivity contribution in [2.45, 2.75) is 32.2 Å². The van der Waals surface area contributed by atoms with Gasteiger partial charge in [0.25, 0.3) is 0 Å². The van der Waals surface area contributed by atoms with E-state index in [4.69, 9.17) is 0 Å². The molecule has 1 aliphatic rings. The molecule has 5 heteroatoms. The van der Waals surface area contributed by atoms with Crippen LogP contribution in [-0.4, -0.2) is 27.8 Å². The molecule has 1 aliphatic carbocycles. The standard InChI is InChI=1S/C17H21N3O2/c21-16(22)17(8-4-5-9-17)12-18-11-15-14(10-19-20-15)13-6-2-1-3-7-13/h1-3,6-7,10,18H,4-5,8-9,11-12H2,(H,19,20)(H,21,22). The number of carbonyl (C=O) groups is 1. The van der Waals surface area contributed by atoms with Crippen molar-refractivity contribution in [3.8, 4) is 11.1 Å². The lowest BCUT2D eigenvalue weighted by molar-refractivity contribution is -0.148. The molecule has 1 heterocycles. The summed E-state index contributed by atoms with van der Waals surface area (Å²) in [5.74, 6) is -0.676. The second kappa shape index (κ2) is 6.32. The van der Waals surface area contributed by atoms with E-state index in [2.05, 4.69) is 15.5 Å². The normalized spacial score (nSPS) is 16.7. The van der Waals surface area contributed by atoms with Crippen molar-refractivity contribution >= 4 is 5.97 Å². The summed E-state index contributed by atoms with van der Waals surface area (Å²) in [4.78, 5) is 11.5. The number of carboxylic acids is 1. The van der Waals surface area contributed by atoms with Gasteiger partial charge in [-0.25, -0.2) is 0 Å². The summed E-state index contributed by atoms with van der Waals surface area (Å²) >= 11 is 0. The van der Waals surface area contributed by atoms with Crippen LogP contribution in [0, 0.1) is 5.41 Å². The molecule has 0 radical (unpaired) electrons. The fourth-order valence-electron chi connectivity index (χ4n) is 3.26. The minimum Gasteiger partial charge on any atom is -0.481 e. The number of nitrogens with zero attached hydrogens (tertiary/aromatic N) is 1. The largest absolute Gasteiger partial charge is 0.481 e. The molecule has 0 aliphatic heterocycles. The number of benzene rings is 1. The number of nitrogens with one attached hydrogen (secondary N) is 2. The quantitative estimate of drug-likeness (QED) is 0.766. The smallest absolute Gasteiger partial charge is 0.310 e. The zero-order chi connectivity index (χ0) is 15.4.